The van der Waals surface area contributed by atoms with Crippen molar-refractivity contribution < 1.29 is 14.3 Å². The number of carbonyl (C=O) groups excluding carboxylic acids is 1. The second-order valence-electron chi connectivity index (χ2n) is 7.64. The van der Waals surface area contributed by atoms with Crippen LogP contribution in [0.2, 0.25) is 0 Å². The predicted molar refractivity (Wildman–Crippen MR) is 117 cm³/mol. The maximum Gasteiger partial charge on any atom is 0.273 e. The summed E-state index contributed by atoms with van der Waals surface area (Å²) in [6.07, 6.45) is 2.10. The van der Waals surface area contributed by atoms with Gasteiger partial charge < -0.3 is 14.4 Å². The number of fused-ring (bicyclic) bond motifs is 1. The number of nitrogens with one attached hydrogen (secondary N) is 1. The summed E-state index contributed by atoms with van der Waals surface area (Å²) < 4.78 is 12.1. The third-order valence-corrected chi connectivity index (χ3v) is 6.37. The molecule has 1 saturated heterocycles. The Morgan fingerprint density at radius 2 is 1.97 bits per heavy atom. The van der Waals surface area contributed by atoms with E-state index in [0.717, 1.165) is 52.1 Å². The lowest BCUT2D eigenvalue weighted by Gasteiger charge is -2.28. The molecule has 0 spiro atoms. The van der Waals surface area contributed by atoms with Gasteiger partial charge in [-0.15, -0.1) is 0 Å². The van der Waals surface area contributed by atoms with Gasteiger partial charge in [0.25, 0.3) is 5.91 Å². The van der Waals surface area contributed by atoms with E-state index in [1.54, 1.807) is 7.11 Å². The van der Waals surface area contributed by atoms with Gasteiger partial charge in [0, 0.05) is 28.8 Å². The van der Waals surface area contributed by atoms with Gasteiger partial charge in [-0.25, -0.2) is 0 Å². The summed E-state index contributed by atoms with van der Waals surface area (Å²) in [6.45, 7) is 1.34. The number of aromatic nitrogens is 2. The zero-order valence-electron chi connectivity index (χ0n) is 16.6. The van der Waals surface area contributed by atoms with Crippen LogP contribution in [0.4, 0.5) is 0 Å². The second-order valence-corrected chi connectivity index (χ2v) is 8.55. The van der Waals surface area contributed by atoms with E-state index in [4.69, 9.17) is 9.47 Å². The van der Waals surface area contributed by atoms with Gasteiger partial charge in [0.05, 0.1) is 24.9 Å². The molecule has 1 aromatic heterocycles. The number of amides is 1. The molecule has 2 atom stereocenters. The van der Waals surface area contributed by atoms with Crippen molar-refractivity contribution in [1.82, 2.24) is 15.1 Å². The Morgan fingerprint density at radius 1 is 1.20 bits per heavy atom. The normalized spacial score (nSPS) is 20.6. The number of rotatable bonds is 5. The highest BCUT2D eigenvalue weighted by molar-refractivity contribution is 9.10. The maximum atomic E-state index is 13.4. The maximum absolute atomic E-state index is 13.4. The second kappa shape index (κ2) is 7.89. The number of benzene rings is 2. The van der Waals surface area contributed by atoms with Crippen LogP contribution in [0.25, 0.3) is 11.3 Å². The highest BCUT2D eigenvalue weighted by Gasteiger charge is 2.43. The van der Waals surface area contributed by atoms with Crippen LogP contribution in [0.3, 0.4) is 0 Å². The molecule has 0 saturated carbocycles. The van der Waals surface area contributed by atoms with Gasteiger partial charge in [-0.1, -0.05) is 28.1 Å². The fraction of sp³-hybridized carbons (Fsp3) is 0.304. The third-order valence-electron chi connectivity index (χ3n) is 5.84. The molecule has 2 unspecified atom stereocenters. The monoisotopic (exact) mass is 467 g/mol. The molecular weight excluding hydrogens is 446 g/mol. The molecule has 2 aliphatic rings. The Hall–Kier alpha value is -2.64. The fourth-order valence-electron chi connectivity index (χ4n) is 4.35. The predicted octanol–water partition coefficient (Wildman–Crippen LogP) is 4.57. The van der Waals surface area contributed by atoms with Crippen molar-refractivity contribution in [1.29, 1.82) is 0 Å². The molecule has 1 N–H and O–H groups in total. The largest absolute Gasteiger partial charge is 0.497 e. The molecule has 0 aliphatic carbocycles. The Labute approximate surface area is 183 Å². The number of methoxy groups -OCH3 is 1. The smallest absolute Gasteiger partial charge is 0.273 e. The van der Waals surface area contributed by atoms with Gasteiger partial charge in [-0.3, -0.25) is 9.89 Å². The van der Waals surface area contributed by atoms with Gasteiger partial charge in [-0.05, 0) is 54.8 Å². The van der Waals surface area contributed by atoms with Crippen LogP contribution in [-0.4, -0.2) is 47.4 Å². The van der Waals surface area contributed by atoms with Crippen LogP contribution >= 0.6 is 15.9 Å². The van der Waals surface area contributed by atoms with Crippen molar-refractivity contribution in [2.45, 2.75) is 25.0 Å². The Bertz CT molecular complexity index is 1060. The van der Waals surface area contributed by atoms with Crippen molar-refractivity contribution in [2.75, 3.05) is 20.3 Å². The summed E-state index contributed by atoms with van der Waals surface area (Å²) >= 11 is 3.51. The van der Waals surface area contributed by atoms with Crippen molar-refractivity contribution >= 4 is 21.8 Å². The highest BCUT2D eigenvalue weighted by atomic mass is 79.9. The highest BCUT2D eigenvalue weighted by Crippen LogP contribution is 2.43. The van der Waals surface area contributed by atoms with E-state index in [0.29, 0.717) is 12.2 Å². The number of carbonyl (C=O) groups is 1. The van der Waals surface area contributed by atoms with Crippen molar-refractivity contribution in [3.05, 3.63) is 69.8 Å². The van der Waals surface area contributed by atoms with Gasteiger partial charge in [-0.2, -0.15) is 5.10 Å². The number of hydrogen-bond acceptors (Lipinski definition) is 4. The Balaban J connectivity index is 1.59. The summed E-state index contributed by atoms with van der Waals surface area (Å²) in [7, 11) is 1.65. The zero-order chi connectivity index (χ0) is 20.7. The molecule has 0 radical (unpaired) electrons. The molecule has 5 rings (SSSR count). The molecule has 0 bridgehead atoms. The van der Waals surface area contributed by atoms with Crippen LogP contribution < -0.4 is 4.74 Å². The van der Waals surface area contributed by atoms with Crippen LogP contribution in [0.15, 0.2) is 53.0 Å². The lowest BCUT2D eigenvalue weighted by Crippen LogP contribution is -2.36. The van der Waals surface area contributed by atoms with Gasteiger partial charge >= 0.3 is 0 Å². The summed E-state index contributed by atoms with van der Waals surface area (Å²) in [5.74, 6) is 0.757. The number of aromatic amines is 1. The van der Waals surface area contributed by atoms with Crippen molar-refractivity contribution in [3.63, 3.8) is 0 Å². The molecule has 3 aromatic rings. The summed E-state index contributed by atoms with van der Waals surface area (Å²) in [6, 6.07) is 15.7. The lowest BCUT2D eigenvalue weighted by molar-refractivity contribution is 0.0495. The number of H-pyrrole nitrogens is 1. The van der Waals surface area contributed by atoms with E-state index in [1.165, 1.54) is 0 Å². The van der Waals surface area contributed by atoms with Crippen molar-refractivity contribution in [2.24, 2.45) is 0 Å². The molecule has 2 aliphatic heterocycles. The molecule has 154 valence electrons. The number of ether oxygens (including phenoxy) is 2. The van der Waals surface area contributed by atoms with Gasteiger partial charge in [0.2, 0.25) is 0 Å². The van der Waals surface area contributed by atoms with Crippen LogP contribution in [0.1, 0.15) is 40.5 Å². The summed E-state index contributed by atoms with van der Waals surface area (Å²) in [5.41, 5.74) is 4.28. The standard InChI is InChI=1S/C23H22BrN3O3/c1-29-17-10-6-14(7-11-17)20-19-21(26-25-20)23(28)27(13-18-3-2-12-30-18)22(19)15-4-8-16(24)9-5-15/h4-11,18,22H,2-3,12-13H2,1H3,(H,25,26). The molecule has 3 heterocycles. The third kappa shape index (κ3) is 3.32. The minimum Gasteiger partial charge on any atom is -0.497 e. The SMILES string of the molecule is COc1ccc(-c2n[nH]c3c2C(c2ccc(Br)cc2)N(CC2CCCO2)C3=O)cc1. The van der Waals surface area contributed by atoms with E-state index in [1.807, 2.05) is 41.3 Å². The summed E-state index contributed by atoms with van der Waals surface area (Å²) in [4.78, 5) is 15.3. The first-order valence-electron chi connectivity index (χ1n) is 10.1. The molecule has 30 heavy (non-hydrogen) atoms. The van der Waals surface area contributed by atoms with E-state index < -0.39 is 0 Å². The van der Waals surface area contributed by atoms with Crippen molar-refractivity contribution in [3.8, 4) is 17.0 Å². The lowest BCUT2D eigenvalue weighted by atomic mass is 9.96. The molecule has 1 fully saturated rings. The minimum absolute atomic E-state index is 0.0271. The molecule has 6 nitrogen and oxygen atoms in total. The first-order valence-corrected chi connectivity index (χ1v) is 10.9. The van der Waals surface area contributed by atoms with Gasteiger partial charge in [0.1, 0.15) is 11.4 Å². The fourth-order valence-corrected chi connectivity index (χ4v) is 4.62. The molecule has 1 amide bonds. The number of hydrogen-bond donors (Lipinski definition) is 1. The minimum atomic E-state index is -0.208. The van der Waals surface area contributed by atoms with Crippen LogP contribution in [0.5, 0.6) is 5.75 Å². The summed E-state index contributed by atoms with van der Waals surface area (Å²) in [5, 5.41) is 7.53. The molecule has 7 heteroatoms. The zero-order valence-corrected chi connectivity index (χ0v) is 18.2. The average molecular weight is 468 g/mol. The van der Waals surface area contributed by atoms with E-state index in [9.17, 15) is 4.79 Å². The first-order chi connectivity index (χ1) is 14.7. The quantitative estimate of drug-likeness (QED) is 0.596. The van der Waals surface area contributed by atoms with Gasteiger partial charge in [0.15, 0.2) is 0 Å². The van der Waals surface area contributed by atoms with E-state index in [-0.39, 0.29) is 18.1 Å². The molecule has 2 aromatic carbocycles. The van der Waals surface area contributed by atoms with E-state index >= 15 is 0 Å². The first kappa shape index (κ1) is 19.3. The average Bonchev–Trinajstić information content (AvgIpc) is 3.49. The van der Waals surface area contributed by atoms with Crippen LogP contribution in [-0.2, 0) is 4.74 Å². The van der Waals surface area contributed by atoms with Crippen LogP contribution in [0, 0.1) is 0 Å². The number of halogens is 1. The Kier molecular flexibility index (Phi) is 5.08. The Morgan fingerprint density at radius 3 is 2.63 bits per heavy atom. The van der Waals surface area contributed by atoms with E-state index in [2.05, 4.69) is 38.3 Å². The topological polar surface area (TPSA) is 67.4 Å². The number of nitrogens with zero attached hydrogens (tertiary/aromatic N) is 2. The molecular formula is C23H22BrN3O3.